The molecule has 3 unspecified atom stereocenters. The fourth-order valence-corrected chi connectivity index (χ4v) is 2.63. The van der Waals surface area contributed by atoms with Crippen LogP contribution >= 0.6 is 12.4 Å². The van der Waals surface area contributed by atoms with E-state index in [0.29, 0.717) is 13.2 Å². The first-order chi connectivity index (χ1) is 7.20. The average molecular weight is 249 g/mol. The van der Waals surface area contributed by atoms with Crippen molar-refractivity contribution in [2.45, 2.75) is 50.8 Å². The number of morpholine rings is 1. The van der Waals surface area contributed by atoms with Gasteiger partial charge in [-0.25, -0.2) is 0 Å². The quantitative estimate of drug-likeness (QED) is 0.751. The van der Waals surface area contributed by atoms with Gasteiger partial charge in [0.05, 0.1) is 24.8 Å². The maximum Gasteiger partial charge on any atom is 0.239 e. The van der Waals surface area contributed by atoms with Gasteiger partial charge in [-0.2, -0.15) is 0 Å². The van der Waals surface area contributed by atoms with Gasteiger partial charge in [0.25, 0.3) is 0 Å². The molecular formula is C11H21ClN2O2. The Bertz CT molecular complexity index is 246. The SMILES string of the molecule is CC(N)C(=O)N1CCOC2CCCCC21.Cl. The number of fused-ring (bicyclic) bond motifs is 1. The topological polar surface area (TPSA) is 55.6 Å². The van der Waals surface area contributed by atoms with Crippen molar-refractivity contribution in [3.05, 3.63) is 0 Å². The highest BCUT2D eigenvalue weighted by atomic mass is 35.5. The first kappa shape index (κ1) is 13.7. The van der Waals surface area contributed by atoms with Crippen molar-refractivity contribution in [2.24, 2.45) is 5.73 Å². The summed E-state index contributed by atoms with van der Waals surface area (Å²) in [6.45, 7) is 3.14. The number of rotatable bonds is 1. The molecule has 1 heterocycles. The molecular weight excluding hydrogens is 228 g/mol. The van der Waals surface area contributed by atoms with E-state index < -0.39 is 0 Å². The third-order valence-corrected chi connectivity index (χ3v) is 3.40. The smallest absolute Gasteiger partial charge is 0.239 e. The van der Waals surface area contributed by atoms with Gasteiger partial charge < -0.3 is 15.4 Å². The lowest BCUT2D eigenvalue weighted by atomic mass is 9.90. The third kappa shape index (κ3) is 2.67. The summed E-state index contributed by atoms with van der Waals surface area (Å²) >= 11 is 0. The first-order valence-corrected chi connectivity index (χ1v) is 5.88. The highest BCUT2D eigenvalue weighted by Gasteiger charge is 2.37. The van der Waals surface area contributed by atoms with Crippen LogP contribution in [-0.2, 0) is 9.53 Å². The number of amides is 1. The van der Waals surface area contributed by atoms with Crippen LogP contribution in [0.1, 0.15) is 32.6 Å². The second-order valence-corrected chi connectivity index (χ2v) is 4.58. The molecule has 3 atom stereocenters. The molecule has 0 aromatic rings. The van der Waals surface area contributed by atoms with Crippen molar-refractivity contribution in [1.29, 1.82) is 0 Å². The minimum atomic E-state index is -0.384. The summed E-state index contributed by atoms with van der Waals surface area (Å²) in [6.07, 6.45) is 4.85. The molecule has 5 heteroatoms. The Balaban J connectivity index is 0.00000128. The molecule has 16 heavy (non-hydrogen) atoms. The largest absolute Gasteiger partial charge is 0.374 e. The Labute approximate surface area is 103 Å². The summed E-state index contributed by atoms with van der Waals surface area (Å²) in [4.78, 5) is 13.8. The van der Waals surface area contributed by atoms with Crippen LogP contribution < -0.4 is 5.73 Å². The molecule has 0 aromatic carbocycles. The molecule has 0 bridgehead atoms. The molecule has 0 radical (unpaired) electrons. The number of nitrogens with zero attached hydrogens (tertiary/aromatic N) is 1. The van der Waals surface area contributed by atoms with Crippen molar-refractivity contribution in [1.82, 2.24) is 4.90 Å². The van der Waals surface area contributed by atoms with Gasteiger partial charge in [0.2, 0.25) is 5.91 Å². The average Bonchev–Trinajstić information content (AvgIpc) is 2.27. The van der Waals surface area contributed by atoms with Gasteiger partial charge in [0.1, 0.15) is 0 Å². The Morgan fingerprint density at radius 2 is 2.12 bits per heavy atom. The normalized spacial score (nSPS) is 31.2. The van der Waals surface area contributed by atoms with E-state index in [1.165, 1.54) is 12.8 Å². The van der Waals surface area contributed by atoms with Crippen molar-refractivity contribution >= 4 is 18.3 Å². The molecule has 1 aliphatic heterocycles. The van der Waals surface area contributed by atoms with E-state index >= 15 is 0 Å². The molecule has 1 aliphatic carbocycles. The van der Waals surface area contributed by atoms with E-state index in [2.05, 4.69) is 0 Å². The number of hydrogen-bond donors (Lipinski definition) is 1. The minimum absolute atomic E-state index is 0. The fraction of sp³-hybridized carbons (Fsp3) is 0.909. The molecule has 2 N–H and O–H groups in total. The number of hydrogen-bond acceptors (Lipinski definition) is 3. The first-order valence-electron chi connectivity index (χ1n) is 5.88. The van der Waals surface area contributed by atoms with Gasteiger partial charge >= 0.3 is 0 Å². The van der Waals surface area contributed by atoms with Gasteiger partial charge in [-0.1, -0.05) is 12.8 Å². The van der Waals surface area contributed by atoms with E-state index in [1.807, 2.05) is 4.90 Å². The van der Waals surface area contributed by atoms with Gasteiger partial charge in [-0.15, -0.1) is 12.4 Å². The Hall–Kier alpha value is -0.320. The zero-order chi connectivity index (χ0) is 10.8. The summed E-state index contributed by atoms with van der Waals surface area (Å²) in [6, 6.07) is -0.100. The Morgan fingerprint density at radius 3 is 2.81 bits per heavy atom. The number of nitrogens with two attached hydrogens (primary N) is 1. The second-order valence-electron chi connectivity index (χ2n) is 4.58. The molecule has 2 aliphatic rings. The van der Waals surface area contributed by atoms with Crippen molar-refractivity contribution < 1.29 is 9.53 Å². The molecule has 0 aromatic heterocycles. The molecule has 1 saturated heterocycles. The number of halogens is 1. The fourth-order valence-electron chi connectivity index (χ4n) is 2.63. The van der Waals surface area contributed by atoms with Crippen LogP contribution in [0.2, 0.25) is 0 Å². The lowest BCUT2D eigenvalue weighted by molar-refractivity contribution is -0.150. The predicted octanol–water partition coefficient (Wildman–Crippen LogP) is 0.925. The minimum Gasteiger partial charge on any atom is -0.374 e. The predicted molar refractivity (Wildman–Crippen MR) is 64.6 cm³/mol. The molecule has 2 rings (SSSR count). The molecule has 2 fully saturated rings. The van der Waals surface area contributed by atoms with Crippen molar-refractivity contribution in [3.8, 4) is 0 Å². The highest BCUT2D eigenvalue weighted by Crippen LogP contribution is 2.28. The van der Waals surface area contributed by atoms with Gasteiger partial charge in [-0.3, -0.25) is 4.79 Å². The number of ether oxygens (including phenoxy) is 1. The molecule has 4 nitrogen and oxygen atoms in total. The van der Waals surface area contributed by atoms with Gasteiger partial charge in [0, 0.05) is 6.54 Å². The Morgan fingerprint density at radius 1 is 1.44 bits per heavy atom. The zero-order valence-electron chi connectivity index (χ0n) is 9.72. The number of carbonyl (C=O) groups is 1. The molecule has 1 saturated carbocycles. The molecule has 94 valence electrons. The summed E-state index contributed by atoms with van der Waals surface area (Å²) in [5.74, 6) is 0.0789. The lowest BCUT2D eigenvalue weighted by Gasteiger charge is -2.44. The van der Waals surface area contributed by atoms with Crippen molar-refractivity contribution in [3.63, 3.8) is 0 Å². The van der Waals surface area contributed by atoms with Crippen LogP contribution in [0.25, 0.3) is 0 Å². The summed E-state index contributed by atoms with van der Waals surface area (Å²) in [5, 5.41) is 0. The van der Waals surface area contributed by atoms with Gasteiger partial charge in [-0.05, 0) is 19.8 Å². The maximum absolute atomic E-state index is 11.9. The van der Waals surface area contributed by atoms with Crippen LogP contribution in [0.3, 0.4) is 0 Å². The van der Waals surface area contributed by atoms with Crippen LogP contribution in [0, 0.1) is 0 Å². The van der Waals surface area contributed by atoms with Crippen LogP contribution in [-0.4, -0.2) is 42.1 Å². The summed E-state index contributed by atoms with van der Waals surface area (Å²) in [5.41, 5.74) is 5.66. The van der Waals surface area contributed by atoms with Crippen LogP contribution in [0.15, 0.2) is 0 Å². The summed E-state index contributed by atoms with van der Waals surface area (Å²) in [7, 11) is 0. The third-order valence-electron chi connectivity index (χ3n) is 3.40. The molecule has 1 amide bonds. The standard InChI is InChI=1S/C11H20N2O2.ClH/c1-8(12)11(14)13-6-7-15-10-5-3-2-4-9(10)13;/h8-10H,2-7,12H2,1H3;1H. The van der Waals surface area contributed by atoms with E-state index in [4.69, 9.17) is 10.5 Å². The highest BCUT2D eigenvalue weighted by molar-refractivity contribution is 5.85. The lowest BCUT2D eigenvalue weighted by Crippen LogP contribution is -2.57. The van der Waals surface area contributed by atoms with Crippen LogP contribution in [0.5, 0.6) is 0 Å². The summed E-state index contributed by atoms with van der Waals surface area (Å²) < 4.78 is 5.71. The van der Waals surface area contributed by atoms with E-state index in [9.17, 15) is 4.79 Å². The zero-order valence-corrected chi connectivity index (χ0v) is 10.5. The van der Waals surface area contributed by atoms with Crippen molar-refractivity contribution in [2.75, 3.05) is 13.2 Å². The van der Waals surface area contributed by atoms with Gasteiger partial charge in [0.15, 0.2) is 0 Å². The molecule has 0 spiro atoms. The maximum atomic E-state index is 11.9. The Kier molecular flexibility index (Phi) is 5.02. The van der Waals surface area contributed by atoms with E-state index in [-0.39, 0.29) is 36.5 Å². The van der Waals surface area contributed by atoms with Crippen LogP contribution in [0.4, 0.5) is 0 Å². The second kappa shape index (κ2) is 5.84. The number of carbonyl (C=O) groups excluding carboxylic acids is 1. The van der Waals surface area contributed by atoms with E-state index in [0.717, 1.165) is 12.8 Å². The monoisotopic (exact) mass is 248 g/mol. The van der Waals surface area contributed by atoms with E-state index in [1.54, 1.807) is 6.92 Å².